The Morgan fingerprint density at radius 1 is 1.13 bits per heavy atom. The van der Waals surface area contributed by atoms with Crippen molar-refractivity contribution in [2.75, 3.05) is 7.11 Å². The maximum Gasteiger partial charge on any atom is 0.481 e. The van der Waals surface area contributed by atoms with Crippen molar-refractivity contribution >= 4 is 19.1 Å². The molecule has 39 heavy (non-hydrogen) atoms. The van der Waals surface area contributed by atoms with E-state index >= 15 is 0 Å². The summed E-state index contributed by atoms with van der Waals surface area (Å²) >= 11 is 0. The predicted molar refractivity (Wildman–Crippen MR) is 151 cm³/mol. The van der Waals surface area contributed by atoms with Gasteiger partial charge in [0.25, 0.3) is 0 Å². The summed E-state index contributed by atoms with van der Waals surface area (Å²) in [7, 11) is 1.10. The molecule has 2 amide bonds. The van der Waals surface area contributed by atoms with Gasteiger partial charge in [-0.05, 0) is 87.8 Å². The lowest BCUT2D eigenvalue weighted by atomic mass is 9.45. The first-order chi connectivity index (χ1) is 18.1. The zero-order chi connectivity index (χ0) is 28.8. The SMILES string of the molecule is COc1ccc(C(CC(=O)N[C@@H](CC(C)C)B2O[C@H]3C4CC(C[C@]3(C)O2)C4(C)C)NC(=O)OC(C)(C)C)cc1. The molecule has 0 aromatic heterocycles. The lowest BCUT2D eigenvalue weighted by Gasteiger charge is -2.63. The third-order valence-electron chi connectivity index (χ3n) is 8.83. The molecule has 3 aliphatic carbocycles. The van der Waals surface area contributed by atoms with Crippen LogP contribution in [0.4, 0.5) is 4.79 Å². The molecule has 9 heteroatoms. The zero-order valence-corrected chi connectivity index (χ0v) is 25.1. The summed E-state index contributed by atoms with van der Waals surface area (Å²) in [5.74, 6) is 1.67. The fourth-order valence-corrected chi connectivity index (χ4v) is 6.65. The van der Waals surface area contributed by atoms with Crippen molar-refractivity contribution in [3.63, 3.8) is 0 Å². The van der Waals surface area contributed by atoms with Crippen LogP contribution in [-0.2, 0) is 18.8 Å². The van der Waals surface area contributed by atoms with E-state index in [1.165, 1.54) is 6.42 Å². The Kier molecular flexibility index (Phi) is 8.35. The van der Waals surface area contributed by atoms with Gasteiger partial charge in [-0.2, -0.15) is 0 Å². The number of amides is 2. The van der Waals surface area contributed by atoms with Crippen LogP contribution in [0, 0.1) is 23.2 Å². The van der Waals surface area contributed by atoms with Gasteiger partial charge in [-0.25, -0.2) is 4.79 Å². The lowest BCUT2D eigenvalue weighted by molar-refractivity contribution is -0.185. The number of carbonyl (C=O) groups is 2. The van der Waals surface area contributed by atoms with E-state index in [1.807, 2.05) is 45.0 Å². The Morgan fingerprint density at radius 2 is 1.79 bits per heavy atom. The Bertz CT molecular complexity index is 1040. The monoisotopic (exact) mass is 542 g/mol. The van der Waals surface area contributed by atoms with Gasteiger partial charge in [-0.1, -0.05) is 39.8 Å². The first-order valence-electron chi connectivity index (χ1n) is 14.4. The molecule has 3 unspecified atom stereocenters. The van der Waals surface area contributed by atoms with Crippen molar-refractivity contribution < 1.29 is 28.4 Å². The molecule has 4 aliphatic rings. The fourth-order valence-electron chi connectivity index (χ4n) is 6.65. The molecule has 1 heterocycles. The minimum absolute atomic E-state index is 0.0370. The second-order valence-electron chi connectivity index (χ2n) is 13.9. The molecule has 2 N–H and O–H groups in total. The van der Waals surface area contributed by atoms with Gasteiger partial charge in [-0.15, -0.1) is 0 Å². The molecule has 5 rings (SSSR count). The lowest BCUT2D eigenvalue weighted by Crippen LogP contribution is -2.63. The Hall–Kier alpha value is -2.26. The van der Waals surface area contributed by atoms with Crippen LogP contribution in [0.25, 0.3) is 0 Å². The molecule has 216 valence electrons. The van der Waals surface area contributed by atoms with Crippen molar-refractivity contribution in [2.24, 2.45) is 23.2 Å². The van der Waals surface area contributed by atoms with E-state index in [0.717, 1.165) is 18.4 Å². The van der Waals surface area contributed by atoms with Gasteiger partial charge in [0.1, 0.15) is 11.4 Å². The number of methoxy groups -OCH3 is 1. The quantitative estimate of drug-likeness (QED) is 0.403. The second kappa shape index (κ2) is 11.0. The van der Waals surface area contributed by atoms with Crippen molar-refractivity contribution in [1.29, 1.82) is 0 Å². The van der Waals surface area contributed by atoms with Crippen LogP contribution < -0.4 is 15.4 Å². The van der Waals surface area contributed by atoms with Gasteiger partial charge < -0.3 is 29.4 Å². The highest BCUT2D eigenvalue weighted by atomic mass is 16.7. The first kappa shape index (κ1) is 29.7. The maximum atomic E-state index is 13.5. The normalized spacial score (nSPS) is 28.7. The average Bonchev–Trinajstić information content (AvgIpc) is 3.19. The molecule has 1 aromatic rings. The third kappa shape index (κ3) is 6.56. The standard InChI is InChI=1S/C30H47BN2O6/c1-18(2)14-24(31-38-26-22-15-20(29(22,6)7)17-30(26,8)39-31)33-25(34)16-23(32-27(35)37-28(3,4)5)19-10-12-21(36-9)13-11-19/h10-13,18,20,22-24,26H,14-17H2,1-9H3,(H,32,35)(H,33,34)/t20?,22?,23?,24-,26-,30-/m0/s1. The number of carbonyl (C=O) groups excluding carboxylic acids is 2. The van der Waals surface area contributed by atoms with Crippen LogP contribution in [0.15, 0.2) is 24.3 Å². The van der Waals surface area contributed by atoms with Gasteiger partial charge >= 0.3 is 13.2 Å². The molecule has 0 radical (unpaired) electrons. The van der Waals surface area contributed by atoms with Crippen molar-refractivity contribution in [2.45, 2.75) is 110 Å². The van der Waals surface area contributed by atoms with Crippen LogP contribution in [0.2, 0.25) is 0 Å². The Balaban J connectivity index is 1.47. The molecule has 3 saturated carbocycles. The topological polar surface area (TPSA) is 95.1 Å². The molecule has 1 aliphatic heterocycles. The number of hydrogen-bond donors (Lipinski definition) is 2. The van der Waals surface area contributed by atoms with Crippen LogP contribution >= 0.6 is 0 Å². The van der Waals surface area contributed by atoms with Crippen molar-refractivity contribution in [1.82, 2.24) is 10.6 Å². The molecule has 8 nitrogen and oxygen atoms in total. The number of hydrogen-bond acceptors (Lipinski definition) is 6. The summed E-state index contributed by atoms with van der Waals surface area (Å²) < 4.78 is 24.0. The first-order valence-corrected chi connectivity index (χ1v) is 14.4. The largest absolute Gasteiger partial charge is 0.497 e. The van der Waals surface area contributed by atoms with Crippen LogP contribution in [0.3, 0.4) is 0 Å². The summed E-state index contributed by atoms with van der Waals surface area (Å²) in [6.45, 7) is 16.5. The van der Waals surface area contributed by atoms with E-state index in [2.05, 4.69) is 45.3 Å². The van der Waals surface area contributed by atoms with Crippen LogP contribution in [0.5, 0.6) is 5.75 Å². The zero-order valence-electron chi connectivity index (χ0n) is 25.1. The van der Waals surface area contributed by atoms with E-state index in [1.54, 1.807) is 7.11 Å². The van der Waals surface area contributed by atoms with E-state index < -0.39 is 24.9 Å². The van der Waals surface area contributed by atoms with Crippen molar-refractivity contribution in [3.05, 3.63) is 29.8 Å². The summed E-state index contributed by atoms with van der Waals surface area (Å²) in [6.07, 6.45) is 2.41. The molecular formula is C30H47BN2O6. The highest BCUT2D eigenvalue weighted by Crippen LogP contribution is 2.64. The highest BCUT2D eigenvalue weighted by Gasteiger charge is 2.67. The number of alkyl carbamates (subject to hydrolysis) is 1. The Labute approximate surface area is 234 Å². The molecule has 0 spiro atoms. The third-order valence-corrected chi connectivity index (χ3v) is 8.83. The average molecular weight is 543 g/mol. The van der Waals surface area contributed by atoms with E-state index in [0.29, 0.717) is 23.5 Å². The molecule has 6 atom stereocenters. The summed E-state index contributed by atoms with van der Waals surface area (Å²) in [6, 6.07) is 6.75. The number of nitrogens with one attached hydrogen (secondary N) is 2. The van der Waals surface area contributed by atoms with Crippen molar-refractivity contribution in [3.8, 4) is 5.75 Å². The summed E-state index contributed by atoms with van der Waals surface area (Å²) in [4.78, 5) is 26.2. The van der Waals surface area contributed by atoms with Gasteiger partial charge in [-0.3, -0.25) is 4.79 Å². The van der Waals surface area contributed by atoms with Gasteiger partial charge in [0, 0.05) is 0 Å². The fraction of sp³-hybridized carbons (Fsp3) is 0.733. The minimum atomic E-state index is -0.654. The van der Waals surface area contributed by atoms with E-state index in [-0.39, 0.29) is 35.4 Å². The van der Waals surface area contributed by atoms with Crippen LogP contribution in [-0.4, -0.2) is 49.5 Å². The summed E-state index contributed by atoms with van der Waals surface area (Å²) in [5, 5.41) is 6.09. The molecule has 1 aromatic carbocycles. The number of ether oxygens (including phenoxy) is 2. The Morgan fingerprint density at radius 3 is 2.36 bits per heavy atom. The smallest absolute Gasteiger partial charge is 0.481 e. The van der Waals surface area contributed by atoms with Gasteiger partial charge in [0.05, 0.1) is 37.2 Å². The molecule has 1 saturated heterocycles. The summed E-state index contributed by atoms with van der Waals surface area (Å²) in [5.41, 5.74) is 0.0693. The van der Waals surface area contributed by atoms with Gasteiger partial charge in [0.2, 0.25) is 5.91 Å². The second-order valence-corrected chi connectivity index (χ2v) is 13.9. The predicted octanol–water partition coefficient (Wildman–Crippen LogP) is 5.45. The molecular weight excluding hydrogens is 495 g/mol. The van der Waals surface area contributed by atoms with E-state index in [4.69, 9.17) is 18.8 Å². The minimum Gasteiger partial charge on any atom is -0.497 e. The molecule has 2 bridgehead atoms. The van der Waals surface area contributed by atoms with Gasteiger partial charge in [0.15, 0.2) is 0 Å². The number of benzene rings is 1. The van der Waals surface area contributed by atoms with E-state index in [9.17, 15) is 9.59 Å². The maximum absolute atomic E-state index is 13.5. The molecule has 4 fully saturated rings. The highest BCUT2D eigenvalue weighted by molar-refractivity contribution is 6.47. The van der Waals surface area contributed by atoms with Crippen LogP contribution in [0.1, 0.15) is 92.7 Å². The number of rotatable bonds is 9.